The van der Waals surface area contributed by atoms with Crippen molar-refractivity contribution in [2.75, 3.05) is 6.54 Å². The molecular weight excluding hydrogens is 336 g/mol. The van der Waals surface area contributed by atoms with E-state index in [0.717, 1.165) is 23.1 Å². The second-order valence-electron chi connectivity index (χ2n) is 6.17. The summed E-state index contributed by atoms with van der Waals surface area (Å²) in [6, 6.07) is 14.5. The lowest BCUT2D eigenvalue weighted by molar-refractivity contribution is -0.141. The number of carbonyl (C=O) groups excluding carboxylic acids is 2. The maximum absolute atomic E-state index is 12.9. The number of benzene rings is 2. The SMILES string of the molecule is CCCN1C(=O)Cc2ccccc2[C@H]1C(=O)NCc1ccccc1Cl. The summed E-state index contributed by atoms with van der Waals surface area (Å²) < 4.78 is 0. The third-order valence-corrected chi connectivity index (χ3v) is 4.82. The zero-order valence-electron chi connectivity index (χ0n) is 14.2. The van der Waals surface area contributed by atoms with Crippen LogP contribution in [0.25, 0.3) is 0 Å². The predicted octanol–water partition coefficient (Wildman–Crippen LogP) is 3.49. The van der Waals surface area contributed by atoms with Gasteiger partial charge in [0, 0.05) is 18.1 Å². The molecule has 1 aliphatic heterocycles. The molecule has 1 heterocycles. The number of hydrogen-bond donors (Lipinski definition) is 1. The summed E-state index contributed by atoms with van der Waals surface area (Å²) in [4.78, 5) is 27.1. The van der Waals surface area contributed by atoms with Crippen molar-refractivity contribution in [2.24, 2.45) is 0 Å². The number of fused-ring (bicyclic) bond motifs is 1. The molecule has 3 rings (SSSR count). The average Bonchev–Trinajstić information content (AvgIpc) is 2.61. The van der Waals surface area contributed by atoms with Crippen LogP contribution in [0.1, 0.15) is 36.1 Å². The Morgan fingerprint density at radius 2 is 1.92 bits per heavy atom. The van der Waals surface area contributed by atoms with Crippen LogP contribution in [0.2, 0.25) is 5.02 Å². The Bertz CT molecular complexity index is 791. The van der Waals surface area contributed by atoms with Gasteiger partial charge in [-0.05, 0) is 29.2 Å². The minimum atomic E-state index is -0.583. The van der Waals surface area contributed by atoms with Crippen molar-refractivity contribution in [3.8, 4) is 0 Å². The minimum absolute atomic E-state index is 0.00144. The molecular formula is C20H21ClN2O2. The van der Waals surface area contributed by atoms with Gasteiger partial charge in [0.2, 0.25) is 11.8 Å². The van der Waals surface area contributed by atoms with Crippen molar-refractivity contribution in [1.82, 2.24) is 10.2 Å². The first kappa shape index (κ1) is 17.5. The highest BCUT2D eigenvalue weighted by molar-refractivity contribution is 6.31. The van der Waals surface area contributed by atoms with Crippen LogP contribution in [-0.2, 0) is 22.6 Å². The summed E-state index contributed by atoms with van der Waals surface area (Å²) in [5.41, 5.74) is 2.69. The summed E-state index contributed by atoms with van der Waals surface area (Å²) in [6.07, 6.45) is 1.16. The number of nitrogens with one attached hydrogen (secondary N) is 1. The van der Waals surface area contributed by atoms with Crippen LogP contribution in [0, 0.1) is 0 Å². The Labute approximate surface area is 152 Å². The van der Waals surface area contributed by atoms with Crippen LogP contribution in [0.3, 0.4) is 0 Å². The Balaban J connectivity index is 1.85. The molecule has 25 heavy (non-hydrogen) atoms. The van der Waals surface area contributed by atoms with Gasteiger partial charge in [0.25, 0.3) is 0 Å². The molecule has 2 aromatic carbocycles. The molecule has 0 unspecified atom stereocenters. The molecule has 5 heteroatoms. The van der Waals surface area contributed by atoms with Gasteiger partial charge in [-0.25, -0.2) is 0 Å². The third kappa shape index (κ3) is 3.69. The smallest absolute Gasteiger partial charge is 0.247 e. The van der Waals surface area contributed by atoms with E-state index in [9.17, 15) is 9.59 Å². The molecule has 2 amide bonds. The van der Waals surface area contributed by atoms with Gasteiger partial charge in [0.1, 0.15) is 6.04 Å². The molecule has 0 aromatic heterocycles. The van der Waals surface area contributed by atoms with Gasteiger partial charge in [-0.15, -0.1) is 0 Å². The van der Waals surface area contributed by atoms with Crippen LogP contribution >= 0.6 is 11.6 Å². The van der Waals surface area contributed by atoms with E-state index >= 15 is 0 Å². The first-order valence-electron chi connectivity index (χ1n) is 8.50. The quantitative estimate of drug-likeness (QED) is 0.891. The normalized spacial score (nSPS) is 16.5. The van der Waals surface area contributed by atoms with E-state index < -0.39 is 6.04 Å². The fraction of sp³-hybridized carbons (Fsp3) is 0.300. The number of amides is 2. The lowest BCUT2D eigenvalue weighted by atomic mass is 9.91. The van der Waals surface area contributed by atoms with Crippen LogP contribution in [0.15, 0.2) is 48.5 Å². The fourth-order valence-electron chi connectivity index (χ4n) is 3.24. The van der Waals surface area contributed by atoms with Gasteiger partial charge in [0.05, 0.1) is 6.42 Å². The zero-order chi connectivity index (χ0) is 17.8. The predicted molar refractivity (Wildman–Crippen MR) is 98.2 cm³/mol. The molecule has 1 atom stereocenters. The largest absolute Gasteiger partial charge is 0.350 e. The van der Waals surface area contributed by atoms with Crippen molar-refractivity contribution < 1.29 is 9.59 Å². The summed E-state index contributed by atoms with van der Waals surface area (Å²) in [7, 11) is 0. The molecule has 0 aliphatic carbocycles. The molecule has 0 spiro atoms. The highest BCUT2D eigenvalue weighted by atomic mass is 35.5. The van der Waals surface area contributed by atoms with Crippen molar-refractivity contribution in [1.29, 1.82) is 0 Å². The lowest BCUT2D eigenvalue weighted by Gasteiger charge is -2.36. The molecule has 0 saturated heterocycles. The Morgan fingerprint density at radius 3 is 2.68 bits per heavy atom. The van der Waals surface area contributed by atoms with E-state index in [1.54, 1.807) is 11.0 Å². The molecule has 2 aromatic rings. The highest BCUT2D eigenvalue weighted by Gasteiger charge is 2.36. The van der Waals surface area contributed by atoms with E-state index in [4.69, 9.17) is 11.6 Å². The Hall–Kier alpha value is -2.33. The van der Waals surface area contributed by atoms with Crippen molar-refractivity contribution in [2.45, 2.75) is 32.4 Å². The second kappa shape index (κ2) is 7.70. The second-order valence-corrected chi connectivity index (χ2v) is 6.58. The fourth-order valence-corrected chi connectivity index (χ4v) is 3.44. The first-order valence-corrected chi connectivity index (χ1v) is 8.88. The van der Waals surface area contributed by atoms with Gasteiger partial charge in [-0.1, -0.05) is 61.0 Å². The van der Waals surface area contributed by atoms with Crippen LogP contribution in [0.5, 0.6) is 0 Å². The number of carbonyl (C=O) groups is 2. The van der Waals surface area contributed by atoms with Crippen molar-refractivity contribution in [3.63, 3.8) is 0 Å². The number of halogens is 1. The van der Waals surface area contributed by atoms with Gasteiger partial charge in [0.15, 0.2) is 0 Å². The summed E-state index contributed by atoms with van der Waals surface area (Å²) in [5, 5.41) is 3.56. The third-order valence-electron chi connectivity index (χ3n) is 4.45. The molecule has 0 saturated carbocycles. The van der Waals surface area contributed by atoms with E-state index in [-0.39, 0.29) is 11.8 Å². The zero-order valence-corrected chi connectivity index (χ0v) is 14.9. The van der Waals surface area contributed by atoms with E-state index in [0.29, 0.717) is 24.5 Å². The van der Waals surface area contributed by atoms with E-state index in [2.05, 4.69) is 5.32 Å². The standard InChI is InChI=1S/C20H21ClN2O2/c1-2-11-23-18(24)12-14-7-3-5-9-16(14)19(23)20(25)22-13-15-8-4-6-10-17(15)21/h3-10,19H,2,11-13H2,1H3,(H,22,25)/t19-/m0/s1. The first-order chi connectivity index (χ1) is 12.1. The van der Waals surface area contributed by atoms with Crippen LogP contribution in [0.4, 0.5) is 0 Å². The van der Waals surface area contributed by atoms with E-state index in [1.807, 2.05) is 49.4 Å². The lowest BCUT2D eigenvalue weighted by Crippen LogP contribution is -2.47. The molecule has 0 bridgehead atoms. The van der Waals surface area contributed by atoms with Gasteiger partial charge < -0.3 is 10.2 Å². The van der Waals surface area contributed by atoms with Crippen LogP contribution in [-0.4, -0.2) is 23.3 Å². The Morgan fingerprint density at radius 1 is 1.20 bits per heavy atom. The number of nitrogens with zero attached hydrogens (tertiary/aromatic N) is 1. The number of hydrogen-bond acceptors (Lipinski definition) is 2. The molecule has 0 radical (unpaired) electrons. The van der Waals surface area contributed by atoms with Gasteiger partial charge in [-0.2, -0.15) is 0 Å². The maximum atomic E-state index is 12.9. The average molecular weight is 357 g/mol. The summed E-state index contributed by atoms with van der Waals surface area (Å²) >= 11 is 6.16. The minimum Gasteiger partial charge on any atom is -0.350 e. The van der Waals surface area contributed by atoms with Gasteiger partial charge in [-0.3, -0.25) is 9.59 Å². The Kier molecular flexibility index (Phi) is 5.39. The monoisotopic (exact) mass is 356 g/mol. The molecule has 4 nitrogen and oxygen atoms in total. The molecule has 1 N–H and O–H groups in total. The summed E-state index contributed by atoms with van der Waals surface area (Å²) in [5.74, 6) is -0.174. The summed E-state index contributed by atoms with van der Waals surface area (Å²) in [6.45, 7) is 2.91. The molecule has 130 valence electrons. The maximum Gasteiger partial charge on any atom is 0.247 e. The highest BCUT2D eigenvalue weighted by Crippen LogP contribution is 2.31. The molecule has 0 fully saturated rings. The van der Waals surface area contributed by atoms with Crippen LogP contribution < -0.4 is 5.32 Å². The molecule has 1 aliphatic rings. The number of rotatable bonds is 5. The topological polar surface area (TPSA) is 49.4 Å². The van der Waals surface area contributed by atoms with Gasteiger partial charge >= 0.3 is 0 Å². The van der Waals surface area contributed by atoms with Crippen molar-refractivity contribution in [3.05, 3.63) is 70.2 Å². The van der Waals surface area contributed by atoms with Crippen molar-refractivity contribution >= 4 is 23.4 Å². The van der Waals surface area contributed by atoms with E-state index in [1.165, 1.54) is 0 Å².